The summed E-state index contributed by atoms with van der Waals surface area (Å²) in [5.74, 6) is 0.641. The second kappa shape index (κ2) is 7.42. The molecule has 3 heterocycles. The Hall–Kier alpha value is -3.32. The number of rotatable bonds is 3. The van der Waals surface area contributed by atoms with E-state index in [9.17, 15) is 9.59 Å². The van der Waals surface area contributed by atoms with E-state index in [0.717, 1.165) is 16.8 Å². The number of benzene rings is 2. The summed E-state index contributed by atoms with van der Waals surface area (Å²) in [7, 11) is 0. The first-order chi connectivity index (χ1) is 14.9. The van der Waals surface area contributed by atoms with E-state index in [1.54, 1.807) is 28.9 Å². The number of carbonyl (C=O) groups is 2. The minimum atomic E-state index is -0.639. The second-order valence-corrected chi connectivity index (χ2v) is 8.08. The van der Waals surface area contributed by atoms with Crippen molar-refractivity contribution in [3.8, 4) is 17.2 Å². The van der Waals surface area contributed by atoms with Crippen LogP contribution in [0.5, 0.6) is 11.5 Å². The SMILES string of the molecule is Cc1nn(-c2cccc(Cl)c2C)c2c1C(C(=O)c1ccc3c(c1)OCCO3)CC(=O)N2. The summed E-state index contributed by atoms with van der Waals surface area (Å²) in [6.07, 6.45) is 0.0569. The summed E-state index contributed by atoms with van der Waals surface area (Å²) >= 11 is 6.29. The van der Waals surface area contributed by atoms with Gasteiger partial charge in [-0.1, -0.05) is 17.7 Å². The number of aromatic nitrogens is 2. The van der Waals surface area contributed by atoms with Gasteiger partial charge in [0.2, 0.25) is 5.91 Å². The van der Waals surface area contributed by atoms with Gasteiger partial charge in [0.1, 0.15) is 19.0 Å². The predicted molar refractivity (Wildman–Crippen MR) is 116 cm³/mol. The van der Waals surface area contributed by atoms with Crippen molar-refractivity contribution in [2.24, 2.45) is 0 Å². The summed E-state index contributed by atoms with van der Waals surface area (Å²) < 4.78 is 12.8. The number of aryl methyl sites for hydroxylation is 1. The number of hydrogen-bond acceptors (Lipinski definition) is 5. The van der Waals surface area contributed by atoms with Crippen molar-refractivity contribution < 1.29 is 19.1 Å². The van der Waals surface area contributed by atoms with Gasteiger partial charge in [0.05, 0.1) is 17.3 Å². The van der Waals surface area contributed by atoms with Gasteiger partial charge in [0, 0.05) is 22.6 Å². The van der Waals surface area contributed by atoms with Crippen LogP contribution < -0.4 is 14.8 Å². The maximum atomic E-state index is 13.5. The number of ether oxygens (including phenoxy) is 2. The average Bonchev–Trinajstić information content (AvgIpc) is 3.10. The summed E-state index contributed by atoms with van der Waals surface area (Å²) in [6.45, 7) is 4.65. The molecule has 1 amide bonds. The number of amides is 1. The Morgan fingerprint density at radius 2 is 1.94 bits per heavy atom. The monoisotopic (exact) mass is 437 g/mol. The van der Waals surface area contributed by atoms with Crippen molar-refractivity contribution in [1.82, 2.24) is 9.78 Å². The quantitative estimate of drug-likeness (QED) is 0.620. The van der Waals surface area contributed by atoms with E-state index in [4.69, 9.17) is 21.1 Å². The number of halogens is 1. The highest BCUT2D eigenvalue weighted by Crippen LogP contribution is 2.40. The lowest BCUT2D eigenvalue weighted by molar-refractivity contribution is -0.116. The molecule has 0 saturated carbocycles. The molecule has 0 bridgehead atoms. The van der Waals surface area contributed by atoms with Crippen LogP contribution in [0.25, 0.3) is 5.69 Å². The highest BCUT2D eigenvalue weighted by atomic mass is 35.5. The molecule has 5 rings (SSSR count). The molecule has 1 aromatic heterocycles. The number of anilines is 1. The van der Waals surface area contributed by atoms with Gasteiger partial charge in [-0.25, -0.2) is 4.68 Å². The molecule has 0 fully saturated rings. The van der Waals surface area contributed by atoms with Gasteiger partial charge in [-0.05, 0) is 49.7 Å². The van der Waals surface area contributed by atoms with Gasteiger partial charge < -0.3 is 14.8 Å². The van der Waals surface area contributed by atoms with Crippen LogP contribution in [0.3, 0.4) is 0 Å². The van der Waals surface area contributed by atoms with Crippen LogP contribution in [0, 0.1) is 13.8 Å². The highest BCUT2D eigenvalue weighted by molar-refractivity contribution is 6.31. The molecule has 2 aliphatic rings. The third-order valence-electron chi connectivity index (χ3n) is 5.71. The van der Waals surface area contributed by atoms with E-state index in [1.807, 2.05) is 26.0 Å². The van der Waals surface area contributed by atoms with Crippen molar-refractivity contribution in [1.29, 1.82) is 0 Å². The molecule has 1 atom stereocenters. The molecule has 0 saturated heterocycles. The lowest BCUT2D eigenvalue weighted by Crippen LogP contribution is -2.28. The molecule has 0 spiro atoms. The Balaban J connectivity index is 1.59. The third-order valence-corrected chi connectivity index (χ3v) is 6.12. The zero-order valence-electron chi connectivity index (χ0n) is 17.1. The molecule has 0 radical (unpaired) electrons. The molecule has 0 aliphatic carbocycles. The Bertz CT molecular complexity index is 1230. The fraction of sp³-hybridized carbons (Fsp3) is 0.261. The van der Waals surface area contributed by atoms with Crippen LogP contribution in [0.4, 0.5) is 5.82 Å². The Labute approximate surface area is 183 Å². The molecule has 2 aliphatic heterocycles. The second-order valence-electron chi connectivity index (χ2n) is 7.67. The zero-order chi connectivity index (χ0) is 21.7. The van der Waals surface area contributed by atoms with Gasteiger partial charge in [0.25, 0.3) is 0 Å². The van der Waals surface area contributed by atoms with Crippen LogP contribution in [-0.2, 0) is 4.79 Å². The molecule has 7 nitrogen and oxygen atoms in total. The molecule has 31 heavy (non-hydrogen) atoms. The molecular weight excluding hydrogens is 418 g/mol. The minimum absolute atomic E-state index is 0.0569. The fourth-order valence-corrected chi connectivity index (χ4v) is 4.34. The molecule has 1 N–H and O–H groups in total. The smallest absolute Gasteiger partial charge is 0.226 e. The van der Waals surface area contributed by atoms with Crippen molar-refractivity contribution in [3.05, 3.63) is 63.8 Å². The zero-order valence-corrected chi connectivity index (χ0v) is 17.8. The Morgan fingerprint density at radius 1 is 1.16 bits per heavy atom. The molecule has 8 heteroatoms. The van der Waals surface area contributed by atoms with Crippen LogP contribution >= 0.6 is 11.6 Å². The fourth-order valence-electron chi connectivity index (χ4n) is 4.17. The van der Waals surface area contributed by atoms with E-state index < -0.39 is 5.92 Å². The van der Waals surface area contributed by atoms with E-state index in [0.29, 0.717) is 46.8 Å². The Morgan fingerprint density at radius 3 is 2.74 bits per heavy atom. The normalized spacial score (nSPS) is 17.1. The largest absolute Gasteiger partial charge is 0.486 e. The first kappa shape index (κ1) is 19.6. The van der Waals surface area contributed by atoms with Gasteiger partial charge in [-0.2, -0.15) is 5.10 Å². The maximum Gasteiger partial charge on any atom is 0.226 e. The lowest BCUT2D eigenvalue weighted by Gasteiger charge is -2.24. The van der Waals surface area contributed by atoms with E-state index in [2.05, 4.69) is 10.4 Å². The van der Waals surface area contributed by atoms with Gasteiger partial charge >= 0.3 is 0 Å². The van der Waals surface area contributed by atoms with Crippen LogP contribution in [-0.4, -0.2) is 34.7 Å². The first-order valence-electron chi connectivity index (χ1n) is 10.0. The number of nitrogens with zero attached hydrogens (tertiary/aromatic N) is 2. The van der Waals surface area contributed by atoms with Crippen molar-refractivity contribution >= 4 is 29.1 Å². The van der Waals surface area contributed by atoms with Crippen LogP contribution in [0.2, 0.25) is 5.02 Å². The topological polar surface area (TPSA) is 82.5 Å². The number of hydrogen-bond donors (Lipinski definition) is 1. The van der Waals surface area contributed by atoms with Crippen molar-refractivity contribution in [3.63, 3.8) is 0 Å². The summed E-state index contributed by atoms with van der Waals surface area (Å²) in [5, 5.41) is 8.15. The average molecular weight is 438 g/mol. The summed E-state index contributed by atoms with van der Waals surface area (Å²) in [6, 6.07) is 10.6. The predicted octanol–water partition coefficient (Wildman–Crippen LogP) is 4.22. The summed E-state index contributed by atoms with van der Waals surface area (Å²) in [4.78, 5) is 26.1. The van der Waals surface area contributed by atoms with E-state index in [1.165, 1.54) is 0 Å². The van der Waals surface area contributed by atoms with Gasteiger partial charge in [-0.15, -0.1) is 0 Å². The van der Waals surface area contributed by atoms with Crippen LogP contribution in [0.1, 0.15) is 39.5 Å². The molecule has 3 aromatic rings. The van der Waals surface area contributed by atoms with E-state index in [-0.39, 0.29) is 18.1 Å². The molecule has 1 unspecified atom stereocenters. The van der Waals surface area contributed by atoms with E-state index >= 15 is 0 Å². The molecular formula is C23H20ClN3O4. The van der Waals surface area contributed by atoms with Gasteiger partial charge in [-0.3, -0.25) is 9.59 Å². The van der Waals surface area contributed by atoms with Crippen LogP contribution in [0.15, 0.2) is 36.4 Å². The Kier molecular flexibility index (Phi) is 4.70. The summed E-state index contributed by atoms with van der Waals surface area (Å²) in [5.41, 5.74) is 3.47. The standard InChI is InChI=1S/C23H20ClN3O4/c1-12-16(24)4-3-5-17(12)27-23-21(13(2)26-27)15(11-20(28)25-23)22(29)14-6-7-18-19(10-14)31-9-8-30-18/h3-7,10,15H,8-9,11H2,1-2H3,(H,25,28). The lowest BCUT2D eigenvalue weighted by atomic mass is 9.85. The molecule has 158 valence electrons. The van der Waals surface area contributed by atoms with Crippen molar-refractivity contribution in [2.45, 2.75) is 26.2 Å². The van der Waals surface area contributed by atoms with Gasteiger partial charge in [0.15, 0.2) is 17.3 Å². The first-order valence-corrected chi connectivity index (χ1v) is 10.4. The molecule has 2 aromatic carbocycles. The third kappa shape index (κ3) is 3.25. The highest BCUT2D eigenvalue weighted by Gasteiger charge is 2.37. The number of carbonyl (C=O) groups excluding carboxylic acids is 2. The number of fused-ring (bicyclic) bond motifs is 2. The van der Waals surface area contributed by atoms with Crippen molar-refractivity contribution in [2.75, 3.05) is 18.5 Å². The minimum Gasteiger partial charge on any atom is -0.486 e. The maximum absolute atomic E-state index is 13.5. The number of ketones is 1. The number of Topliss-reactive ketones (excluding diaryl/α,β-unsaturated/α-hetero) is 1. The number of nitrogens with one attached hydrogen (secondary N) is 1.